The molecule has 5 rings (SSSR count). The molecular weight excluding hydrogens is 475 g/mol. The first-order chi connectivity index (χ1) is 17.5. The summed E-state index contributed by atoms with van der Waals surface area (Å²) in [4.78, 5) is 33.2. The van der Waals surface area contributed by atoms with E-state index in [1.165, 1.54) is 18.2 Å². The van der Waals surface area contributed by atoms with Gasteiger partial charge in [0.1, 0.15) is 5.82 Å². The van der Waals surface area contributed by atoms with Crippen LogP contribution in [-0.2, 0) is 4.79 Å². The summed E-state index contributed by atoms with van der Waals surface area (Å²) < 4.78 is 13.6. The van der Waals surface area contributed by atoms with E-state index < -0.39 is 11.7 Å². The van der Waals surface area contributed by atoms with Crippen LogP contribution in [0.4, 0.5) is 15.8 Å². The van der Waals surface area contributed by atoms with Crippen LogP contribution >= 0.6 is 11.8 Å². The number of benzene rings is 3. The Hall–Kier alpha value is -3.91. The smallest absolute Gasteiger partial charge is 0.255 e. The number of para-hydroxylation sites is 1. The summed E-state index contributed by atoms with van der Waals surface area (Å²) in [5.41, 5.74) is 3.61. The third-order valence-electron chi connectivity index (χ3n) is 6.08. The lowest BCUT2D eigenvalue weighted by molar-refractivity contribution is -0.113. The summed E-state index contributed by atoms with van der Waals surface area (Å²) in [6.45, 7) is 2.63. The molecular formula is C28H25FN4O2S. The number of hydrogen-bond donors (Lipinski definition) is 2. The van der Waals surface area contributed by atoms with Crippen molar-refractivity contribution in [1.29, 1.82) is 0 Å². The van der Waals surface area contributed by atoms with E-state index in [9.17, 15) is 14.0 Å². The molecule has 6 nitrogen and oxygen atoms in total. The van der Waals surface area contributed by atoms with E-state index in [1.54, 1.807) is 23.9 Å². The molecule has 2 aliphatic heterocycles. The molecule has 8 heteroatoms. The molecule has 3 aromatic rings. The highest BCUT2D eigenvalue weighted by molar-refractivity contribution is 8.13. The Morgan fingerprint density at radius 3 is 2.50 bits per heavy atom. The molecule has 1 saturated heterocycles. The first-order valence-corrected chi connectivity index (χ1v) is 12.7. The van der Waals surface area contributed by atoms with Crippen LogP contribution in [0.25, 0.3) is 0 Å². The SMILES string of the molecule is CC1=C(C(=O)Nc2ccccc2)[C@H](c2cccc(NC(=O)c3cccc(F)c3)c2)N2CCCSC2=N1. The first-order valence-electron chi connectivity index (χ1n) is 11.7. The molecule has 1 fully saturated rings. The fourth-order valence-electron chi connectivity index (χ4n) is 4.44. The van der Waals surface area contributed by atoms with Gasteiger partial charge in [0.2, 0.25) is 0 Å². The number of fused-ring (bicyclic) bond motifs is 1. The highest BCUT2D eigenvalue weighted by atomic mass is 32.2. The van der Waals surface area contributed by atoms with E-state index >= 15 is 0 Å². The van der Waals surface area contributed by atoms with Crippen molar-refractivity contribution < 1.29 is 14.0 Å². The minimum Gasteiger partial charge on any atom is -0.340 e. The molecule has 182 valence electrons. The second-order valence-corrected chi connectivity index (χ2v) is 9.66. The van der Waals surface area contributed by atoms with Crippen molar-refractivity contribution in [2.45, 2.75) is 19.4 Å². The Morgan fingerprint density at radius 1 is 0.944 bits per heavy atom. The van der Waals surface area contributed by atoms with E-state index in [0.29, 0.717) is 22.6 Å². The zero-order valence-electron chi connectivity index (χ0n) is 19.7. The fourth-order valence-corrected chi connectivity index (χ4v) is 5.46. The number of nitrogens with one attached hydrogen (secondary N) is 2. The van der Waals surface area contributed by atoms with Crippen LogP contribution in [0, 0.1) is 5.82 Å². The predicted octanol–water partition coefficient (Wildman–Crippen LogP) is 5.84. The number of amides is 2. The second kappa shape index (κ2) is 10.4. The van der Waals surface area contributed by atoms with Gasteiger partial charge < -0.3 is 15.5 Å². The Kier molecular flexibility index (Phi) is 6.86. The minimum absolute atomic E-state index is 0.212. The number of hydrogen-bond acceptors (Lipinski definition) is 5. The number of halogens is 1. The minimum atomic E-state index is -0.470. The number of carbonyl (C=O) groups excluding carboxylic acids is 2. The van der Waals surface area contributed by atoms with Gasteiger partial charge in [-0.05, 0) is 61.4 Å². The fraction of sp³-hybridized carbons (Fsp3) is 0.179. The van der Waals surface area contributed by atoms with E-state index in [1.807, 2.05) is 55.5 Å². The summed E-state index contributed by atoms with van der Waals surface area (Å²) in [5, 5.41) is 6.76. The molecule has 2 aliphatic rings. The normalized spacial score (nSPS) is 17.2. The van der Waals surface area contributed by atoms with Gasteiger partial charge in [0.25, 0.3) is 11.8 Å². The second-order valence-electron chi connectivity index (χ2n) is 8.60. The van der Waals surface area contributed by atoms with Crippen molar-refractivity contribution in [3.63, 3.8) is 0 Å². The molecule has 36 heavy (non-hydrogen) atoms. The number of nitrogens with zero attached hydrogens (tertiary/aromatic N) is 2. The van der Waals surface area contributed by atoms with E-state index in [4.69, 9.17) is 4.99 Å². The van der Waals surface area contributed by atoms with Gasteiger partial charge in [0, 0.05) is 29.2 Å². The number of thioether (sulfide) groups is 1. The number of amidine groups is 1. The van der Waals surface area contributed by atoms with Gasteiger partial charge in [0.15, 0.2) is 5.17 Å². The molecule has 0 bridgehead atoms. The van der Waals surface area contributed by atoms with Gasteiger partial charge in [-0.1, -0.05) is 48.2 Å². The Bertz CT molecular complexity index is 1370. The number of anilines is 2. The van der Waals surface area contributed by atoms with Gasteiger partial charge >= 0.3 is 0 Å². The summed E-state index contributed by atoms with van der Waals surface area (Å²) >= 11 is 1.69. The van der Waals surface area contributed by atoms with Crippen molar-refractivity contribution in [3.8, 4) is 0 Å². The van der Waals surface area contributed by atoms with E-state index in [-0.39, 0.29) is 17.5 Å². The van der Waals surface area contributed by atoms with Gasteiger partial charge in [-0.2, -0.15) is 0 Å². The molecule has 3 aromatic carbocycles. The summed E-state index contributed by atoms with van der Waals surface area (Å²) in [6, 6.07) is 22.0. The van der Waals surface area contributed by atoms with Gasteiger partial charge in [0.05, 0.1) is 17.3 Å². The number of allylic oxidation sites excluding steroid dienone is 1. The van der Waals surface area contributed by atoms with E-state index in [2.05, 4.69) is 15.5 Å². The molecule has 0 unspecified atom stereocenters. The summed E-state index contributed by atoms with van der Waals surface area (Å²) in [5.74, 6) is -0.108. The van der Waals surface area contributed by atoms with Crippen molar-refractivity contribution in [2.75, 3.05) is 22.9 Å². The highest BCUT2D eigenvalue weighted by Gasteiger charge is 2.37. The lowest BCUT2D eigenvalue weighted by Crippen LogP contribution is -2.43. The largest absolute Gasteiger partial charge is 0.340 e. The predicted molar refractivity (Wildman–Crippen MR) is 143 cm³/mol. The molecule has 2 N–H and O–H groups in total. The van der Waals surface area contributed by atoms with Crippen molar-refractivity contribution in [2.24, 2.45) is 4.99 Å². The van der Waals surface area contributed by atoms with Crippen LogP contribution < -0.4 is 10.6 Å². The molecule has 0 saturated carbocycles. The Balaban J connectivity index is 1.48. The molecule has 0 radical (unpaired) electrons. The maximum absolute atomic E-state index is 13.6. The summed E-state index contributed by atoms with van der Waals surface area (Å²) in [6.07, 6.45) is 0.975. The monoisotopic (exact) mass is 500 g/mol. The van der Waals surface area contributed by atoms with Gasteiger partial charge in [-0.15, -0.1) is 0 Å². The Morgan fingerprint density at radius 2 is 1.69 bits per heavy atom. The number of rotatable bonds is 5. The maximum Gasteiger partial charge on any atom is 0.255 e. The molecule has 2 amide bonds. The maximum atomic E-state index is 13.6. The zero-order chi connectivity index (χ0) is 25.1. The molecule has 0 aromatic heterocycles. The standard InChI is InChI=1S/C28H25FN4O2S/c1-18-24(27(35)31-22-11-3-2-4-12-22)25(33-14-7-15-36-28(33)30-18)19-8-6-13-23(17-19)32-26(34)20-9-5-10-21(29)16-20/h2-6,8-13,16-17,25H,7,14-15H2,1H3,(H,31,35)(H,32,34)/t25-/m0/s1. The van der Waals surface area contributed by atoms with Crippen LogP contribution in [0.2, 0.25) is 0 Å². The summed E-state index contributed by atoms with van der Waals surface area (Å²) in [7, 11) is 0. The third-order valence-corrected chi connectivity index (χ3v) is 7.16. The lowest BCUT2D eigenvalue weighted by Gasteiger charge is -2.41. The van der Waals surface area contributed by atoms with Crippen LogP contribution in [-0.4, -0.2) is 34.2 Å². The molecule has 1 atom stereocenters. The molecule has 0 spiro atoms. The van der Waals surface area contributed by atoms with Crippen LogP contribution in [0.3, 0.4) is 0 Å². The Labute approximate surface area is 213 Å². The van der Waals surface area contributed by atoms with Crippen molar-refractivity contribution in [1.82, 2.24) is 4.90 Å². The number of aliphatic imine (C=N–C) groups is 1. The van der Waals surface area contributed by atoms with Crippen molar-refractivity contribution in [3.05, 3.63) is 107 Å². The van der Waals surface area contributed by atoms with Crippen LogP contribution in [0.15, 0.2) is 95.1 Å². The lowest BCUT2D eigenvalue weighted by atomic mass is 9.93. The highest BCUT2D eigenvalue weighted by Crippen LogP contribution is 2.40. The zero-order valence-corrected chi connectivity index (χ0v) is 20.5. The topological polar surface area (TPSA) is 73.8 Å². The van der Waals surface area contributed by atoms with Gasteiger partial charge in [-0.25, -0.2) is 9.38 Å². The average molecular weight is 501 g/mol. The van der Waals surface area contributed by atoms with E-state index in [0.717, 1.165) is 29.4 Å². The van der Waals surface area contributed by atoms with Crippen LogP contribution in [0.5, 0.6) is 0 Å². The third kappa shape index (κ3) is 5.04. The average Bonchev–Trinajstić information content (AvgIpc) is 2.88. The van der Waals surface area contributed by atoms with Gasteiger partial charge in [-0.3, -0.25) is 9.59 Å². The molecule has 0 aliphatic carbocycles. The quantitative estimate of drug-likeness (QED) is 0.462. The van der Waals surface area contributed by atoms with Crippen LogP contribution in [0.1, 0.15) is 35.3 Å². The molecule has 2 heterocycles. The van der Waals surface area contributed by atoms with Crippen molar-refractivity contribution >= 4 is 40.1 Å². The number of carbonyl (C=O) groups is 2. The first kappa shape index (κ1) is 23.8.